The molecule has 5 nitrogen and oxygen atoms in total. The van der Waals surface area contributed by atoms with E-state index in [9.17, 15) is 18.0 Å². The van der Waals surface area contributed by atoms with Crippen LogP contribution in [0.15, 0.2) is 48.7 Å². The zero-order valence-electron chi connectivity index (χ0n) is 20.7. The summed E-state index contributed by atoms with van der Waals surface area (Å²) in [5.74, 6) is 0.341. The highest BCUT2D eigenvalue weighted by atomic mass is 32.1. The van der Waals surface area contributed by atoms with Gasteiger partial charge >= 0.3 is 12.1 Å². The van der Waals surface area contributed by atoms with Crippen LogP contribution >= 0.6 is 11.3 Å². The third-order valence-electron chi connectivity index (χ3n) is 5.48. The van der Waals surface area contributed by atoms with Gasteiger partial charge in [0.15, 0.2) is 6.10 Å². The molecule has 36 heavy (non-hydrogen) atoms. The quantitative estimate of drug-likeness (QED) is 0.264. The number of esters is 1. The average molecular weight is 522 g/mol. The lowest BCUT2D eigenvalue weighted by Gasteiger charge is -2.18. The zero-order chi connectivity index (χ0) is 26.3. The largest absolute Gasteiger partial charge is 0.490 e. The molecular formula is C27H30F3NO4S. The molecule has 0 saturated heterocycles. The lowest BCUT2D eigenvalue weighted by molar-refractivity contribution is -0.156. The Balaban J connectivity index is 1.60. The highest BCUT2D eigenvalue weighted by Crippen LogP contribution is 2.32. The second-order valence-electron chi connectivity index (χ2n) is 8.33. The smallest absolute Gasteiger partial charge is 0.416 e. The van der Waals surface area contributed by atoms with Crippen LogP contribution in [-0.4, -0.2) is 36.4 Å². The van der Waals surface area contributed by atoms with Crippen molar-refractivity contribution in [3.63, 3.8) is 0 Å². The van der Waals surface area contributed by atoms with Gasteiger partial charge in [-0.15, -0.1) is 11.3 Å². The number of aryl methyl sites for hydroxylation is 1. The third-order valence-corrected chi connectivity index (χ3v) is 6.54. The molecule has 0 aliphatic rings. The van der Waals surface area contributed by atoms with Crippen LogP contribution in [0, 0.1) is 6.92 Å². The Labute approximate surface area is 213 Å². The predicted octanol–water partition coefficient (Wildman–Crippen LogP) is 6.66. The number of carbonyl (C=O) groups excluding carboxylic acids is 1. The molecule has 0 aliphatic carbocycles. The molecule has 0 spiro atoms. The summed E-state index contributed by atoms with van der Waals surface area (Å²) in [4.78, 5) is 17.5. The van der Waals surface area contributed by atoms with Crippen molar-refractivity contribution in [1.82, 2.24) is 4.98 Å². The molecule has 0 N–H and O–H groups in total. The van der Waals surface area contributed by atoms with Gasteiger partial charge in [-0.05, 0) is 63.1 Å². The minimum atomic E-state index is -4.36. The Morgan fingerprint density at radius 2 is 1.78 bits per heavy atom. The van der Waals surface area contributed by atoms with Crippen LogP contribution in [0.1, 0.15) is 42.3 Å². The number of rotatable bonds is 11. The van der Waals surface area contributed by atoms with Crippen molar-refractivity contribution in [3.05, 3.63) is 70.2 Å². The van der Waals surface area contributed by atoms with E-state index in [1.807, 2.05) is 39.0 Å². The summed E-state index contributed by atoms with van der Waals surface area (Å²) in [6.07, 6.45) is -2.40. The molecule has 0 amide bonds. The van der Waals surface area contributed by atoms with Crippen LogP contribution in [0.3, 0.4) is 0 Å². The van der Waals surface area contributed by atoms with Crippen molar-refractivity contribution in [1.29, 1.82) is 0 Å². The number of hydrogen-bond acceptors (Lipinski definition) is 6. The molecule has 0 fully saturated rings. The summed E-state index contributed by atoms with van der Waals surface area (Å²) in [6, 6.07) is 10.7. The van der Waals surface area contributed by atoms with Crippen LogP contribution in [0.25, 0.3) is 10.6 Å². The molecule has 194 valence electrons. The molecule has 3 aromatic rings. The van der Waals surface area contributed by atoms with E-state index < -0.39 is 17.8 Å². The van der Waals surface area contributed by atoms with Crippen LogP contribution in [0.2, 0.25) is 0 Å². The Morgan fingerprint density at radius 1 is 1.06 bits per heavy atom. The molecule has 1 heterocycles. The van der Waals surface area contributed by atoms with E-state index in [2.05, 4.69) is 4.98 Å². The number of alkyl halides is 3. The molecule has 3 rings (SSSR count). The first kappa shape index (κ1) is 27.7. The number of aromatic nitrogens is 1. The number of thiazole rings is 1. The Kier molecular flexibility index (Phi) is 9.50. The van der Waals surface area contributed by atoms with Crippen molar-refractivity contribution in [2.75, 3.05) is 13.2 Å². The normalized spacial score (nSPS) is 13.3. The number of ether oxygens (including phenoxy) is 3. The lowest BCUT2D eigenvalue weighted by Crippen LogP contribution is -2.29. The number of hydrogen-bond donors (Lipinski definition) is 0. The van der Waals surface area contributed by atoms with Crippen LogP contribution < -0.4 is 4.74 Å². The fraction of sp³-hybridized carbons (Fsp3) is 0.407. The van der Waals surface area contributed by atoms with E-state index >= 15 is 0 Å². The van der Waals surface area contributed by atoms with Gasteiger partial charge in [-0.2, -0.15) is 13.2 Å². The molecule has 0 bridgehead atoms. The van der Waals surface area contributed by atoms with E-state index in [1.165, 1.54) is 23.5 Å². The summed E-state index contributed by atoms with van der Waals surface area (Å²) in [7, 11) is 0. The van der Waals surface area contributed by atoms with Gasteiger partial charge in [-0.3, -0.25) is 0 Å². The van der Waals surface area contributed by atoms with Crippen molar-refractivity contribution in [3.8, 4) is 16.3 Å². The maximum absolute atomic E-state index is 12.8. The first-order valence-electron chi connectivity index (χ1n) is 11.8. The van der Waals surface area contributed by atoms with Gasteiger partial charge in [0.05, 0.1) is 12.2 Å². The SMILES string of the molecule is CCOC(=O)C(Cc1ccc(OC(C)Cc2cnc(-c3ccc(C(F)(F)F)cc3)s2)cc1C)OCC. The maximum atomic E-state index is 12.8. The van der Waals surface area contributed by atoms with Crippen LogP contribution in [-0.2, 0) is 33.3 Å². The summed E-state index contributed by atoms with van der Waals surface area (Å²) in [5.41, 5.74) is 1.93. The number of carbonyl (C=O) groups is 1. The molecular weight excluding hydrogens is 491 g/mol. The average Bonchev–Trinajstić information content (AvgIpc) is 3.28. The molecule has 2 aromatic carbocycles. The summed E-state index contributed by atoms with van der Waals surface area (Å²) < 4.78 is 55.1. The molecule has 0 saturated carbocycles. The minimum absolute atomic E-state index is 0.146. The molecule has 9 heteroatoms. The van der Waals surface area contributed by atoms with E-state index in [-0.39, 0.29) is 12.1 Å². The van der Waals surface area contributed by atoms with E-state index in [0.29, 0.717) is 42.4 Å². The van der Waals surface area contributed by atoms with Gasteiger partial charge in [0.25, 0.3) is 0 Å². The maximum Gasteiger partial charge on any atom is 0.416 e. The molecule has 1 aromatic heterocycles. The Bertz CT molecular complexity index is 1140. The topological polar surface area (TPSA) is 57.7 Å². The number of nitrogens with zero attached hydrogens (tertiary/aromatic N) is 1. The van der Waals surface area contributed by atoms with Crippen molar-refractivity contribution in [2.24, 2.45) is 0 Å². The van der Waals surface area contributed by atoms with Crippen molar-refractivity contribution < 1.29 is 32.2 Å². The molecule has 2 unspecified atom stereocenters. The lowest BCUT2D eigenvalue weighted by atomic mass is 10.0. The Hall–Kier alpha value is -2.91. The molecule has 0 aliphatic heterocycles. The first-order chi connectivity index (χ1) is 17.1. The van der Waals surface area contributed by atoms with Gasteiger partial charge < -0.3 is 14.2 Å². The number of benzene rings is 2. The van der Waals surface area contributed by atoms with E-state index in [4.69, 9.17) is 14.2 Å². The highest BCUT2D eigenvalue weighted by molar-refractivity contribution is 7.15. The first-order valence-corrected chi connectivity index (χ1v) is 12.6. The second-order valence-corrected chi connectivity index (χ2v) is 9.44. The van der Waals surface area contributed by atoms with Gasteiger partial charge in [-0.25, -0.2) is 9.78 Å². The highest BCUT2D eigenvalue weighted by Gasteiger charge is 2.30. The van der Waals surface area contributed by atoms with E-state index in [0.717, 1.165) is 28.1 Å². The molecule has 0 radical (unpaired) electrons. The van der Waals surface area contributed by atoms with Gasteiger partial charge in [0.1, 0.15) is 16.9 Å². The van der Waals surface area contributed by atoms with Crippen LogP contribution in [0.5, 0.6) is 5.75 Å². The summed E-state index contributed by atoms with van der Waals surface area (Å²) in [5, 5.41) is 0.663. The van der Waals surface area contributed by atoms with Gasteiger partial charge in [0, 0.05) is 36.1 Å². The zero-order valence-corrected chi connectivity index (χ0v) is 21.5. The van der Waals surface area contributed by atoms with Gasteiger partial charge in [0.2, 0.25) is 0 Å². The van der Waals surface area contributed by atoms with E-state index in [1.54, 1.807) is 13.1 Å². The van der Waals surface area contributed by atoms with Gasteiger partial charge in [-0.1, -0.05) is 18.2 Å². The molecule has 2 atom stereocenters. The van der Waals surface area contributed by atoms with Crippen molar-refractivity contribution in [2.45, 2.75) is 58.9 Å². The summed E-state index contributed by atoms with van der Waals surface area (Å²) >= 11 is 1.43. The fourth-order valence-corrected chi connectivity index (χ4v) is 4.74. The van der Waals surface area contributed by atoms with Crippen molar-refractivity contribution >= 4 is 17.3 Å². The van der Waals surface area contributed by atoms with Crippen LogP contribution in [0.4, 0.5) is 13.2 Å². The monoisotopic (exact) mass is 521 g/mol. The standard InChI is InChI=1S/C27H30F3NO4S/c1-5-33-24(26(32)34-6-2)15-20-9-12-22(13-17(20)3)35-18(4)14-23-16-31-25(36-23)19-7-10-21(11-8-19)27(28,29)30/h7-13,16,18,24H,5-6,14-15H2,1-4H3. The minimum Gasteiger partial charge on any atom is -0.490 e. The fourth-order valence-electron chi connectivity index (χ4n) is 3.71. The second kappa shape index (κ2) is 12.4. The predicted molar refractivity (Wildman–Crippen MR) is 133 cm³/mol. The Morgan fingerprint density at radius 3 is 2.39 bits per heavy atom. The third kappa shape index (κ3) is 7.54. The summed E-state index contributed by atoms with van der Waals surface area (Å²) in [6.45, 7) is 8.23. The number of halogens is 3.